The lowest BCUT2D eigenvalue weighted by atomic mass is 10.0. The van der Waals surface area contributed by atoms with Gasteiger partial charge in [-0.3, -0.25) is 0 Å². The molecule has 120 valence electrons. The number of benzene rings is 3. The maximum Gasteiger partial charge on any atom is 0.339 e. The minimum Gasteiger partial charge on any atom is -0.505 e. The molecule has 0 aliphatic heterocycles. The predicted octanol–water partition coefficient (Wildman–Crippen LogP) is 4.67. The lowest BCUT2D eigenvalue weighted by Gasteiger charge is -2.07. The Morgan fingerprint density at radius 3 is 2.42 bits per heavy atom. The number of azo groups is 1. The molecule has 0 aliphatic carbocycles. The summed E-state index contributed by atoms with van der Waals surface area (Å²) >= 11 is 0. The molecule has 0 saturated carbocycles. The van der Waals surface area contributed by atoms with Gasteiger partial charge in [0.1, 0.15) is 17.0 Å². The molecular formula is C18H14N2O4. The number of methoxy groups -OCH3 is 1. The van der Waals surface area contributed by atoms with Crippen LogP contribution < -0.4 is 4.74 Å². The van der Waals surface area contributed by atoms with Gasteiger partial charge < -0.3 is 14.9 Å². The Balaban J connectivity index is 2.11. The SMILES string of the molecule is COc1ccc(N=Nc2c(O)c(C(=O)O)cc3ccccc23)cc1. The maximum absolute atomic E-state index is 11.3. The topological polar surface area (TPSA) is 91.5 Å². The fraction of sp³-hybridized carbons (Fsp3) is 0.0556. The highest BCUT2D eigenvalue weighted by Gasteiger charge is 2.17. The van der Waals surface area contributed by atoms with Gasteiger partial charge in [-0.25, -0.2) is 4.79 Å². The molecule has 0 heterocycles. The van der Waals surface area contributed by atoms with Gasteiger partial charge in [-0.1, -0.05) is 24.3 Å². The first-order valence-corrected chi connectivity index (χ1v) is 7.14. The van der Waals surface area contributed by atoms with E-state index in [9.17, 15) is 15.0 Å². The number of ether oxygens (including phenoxy) is 1. The molecule has 6 heteroatoms. The first kappa shape index (κ1) is 15.5. The highest BCUT2D eigenvalue weighted by molar-refractivity contribution is 6.04. The second kappa shape index (κ2) is 6.37. The molecule has 3 rings (SSSR count). The summed E-state index contributed by atoms with van der Waals surface area (Å²) in [6, 6.07) is 15.4. The number of hydrogen-bond donors (Lipinski definition) is 2. The number of fused-ring (bicyclic) bond motifs is 1. The predicted molar refractivity (Wildman–Crippen MR) is 89.7 cm³/mol. The zero-order chi connectivity index (χ0) is 17.1. The molecule has 6 nitrogen and oxygen atoms in total. The number of phenols is 1. The Morgan fingerprint density at radius 1 is 1.04 bits per heavy atom. The second-order valence-corrected chi connectivity index (χ2v) is 5.05. The standard InChI is InChI=1S/C18H14N2O4/c1-24-13-8-6-12(7-9-13)19-20-16-14-5-3-2-4-11(14)10-15(17(16)21)18(22)23/h2-10,21H,1H3,(H,22,23). The molecule has 0 amide bonds. The first-order valence-electron chi connectivity index (χ1n) is 7.14. The Hall–Kier alpha value is -3.41. The lowest BCUT2D eigenvalue weighted by Crippen LogP contribution is -1.97. The monoisotopic (exact) mass is 322 g/mol. The number of hydrogen-bond acceptors (Lipinski definition) is 5. The molecule has 3 aromatic rings. The van der Waals surface area contributed by atoms with Crippen molar-refractivity contribution >= 4 is 28.1 Å². The van der Waals surface area contributed by atoms with Crippen LogP contribution in [0.25, 0.3) is 10.8 Å². The third-order valence-electron chi connectivity index (χ3n) is 3.56. The summed E-state index contributed by atoms with van der Waals surface area (Å²) in [7, 11) is 1.57. The molecule has 0 saturated heterocycles. The number of carbonyl (C=O) groups is 1. The van der Waals surface area contributed by atoms with Crippen LogP contribution >= 0.6 is 0 Å². The molecule has 0 bridgehead atoms. The quantitative estimate of drug-likeness (QED) is 0.683. The van der Waals surface area contributed by atoms with E-state index < -0.39 is 11.7 Å². The third-order valence-corrected chi connectivity index (χ3v) is 3.56. The zero-order valence-corrected chi connectivity index (χ0v) is 12.8. The van der Waals surface area contributed by atoms with Crippen molar-refractivity contribution in [2.24, 2.45) is 10.2 Å². The number of rotatable bonds is 4. The van der Waals surface area contributed by atoms with Crippen LogP contribution in [0.3, 0.4) is 0 Å². The van der Waals surface area contributed by atoms with E-state index in [-0.39, 0.29) is 11.3 Å². The normalized spacial score (nSPS) is 11.0. The summed E-state index contributed by atoms with van der Waals surface area (Å²) in [6.45, 7) is 0. The molecule has 24 heavy (non-hydrogen) atoms. The Bertz CT molecular complexity index is 934. The van der Waals surface area contributed by atoms with Gasteiger partial charge in [-0.05, 0) is 35.7 Å². The highest BCUT2D eigenvalue weighted by Crippen LogP contribution is 2.39. The summed E-state index contributed by atoms with van der Waals surface area (Å²) in [5.74, 6) is -0.937. The highest BCUT2D eigenvalue weighted by atomic mass is 16.5. The van der Waals surface area contributed by atoms with Crippen LogP contribution in [0.4, 0.5) is 11.4 Å². The van der Waals surface area contributed by atoms with Gasteiger partial charge in [0.2, 0.25) is 0 Å². The summed E-state index contributed by atoms with van der Waals surface area (Å²) < 4.78 is 5.07. The average molecular weight is 322 g/mol. The second-order valence-electron chi connectivity index (χ2n) is 5.05. The van der Waals surface area contributed by atoms with Crippen molar-refractivity contribution in [3.63, 3.8) is 0 Å². The minimum atomic E-state index is -1.22. The molecule has 2 N–H and O–H groups in total. The third kappa shape index (κ3) is 2.89. The van der Waals surface area contributed by atoms with Gasteiger partial charge in [0.05, 0.1) is 12.8 Å². The van der Waals surface area contributed by atoms with Crippen molar-refractivity contribution in [2.75, 3.05) is 7.11 Å². The van der Waals surface area contributed by atoms with Crippen LogP contribution in [0, 0.1) is 0 Å². The smallest absolute Gasteiger partial charge is 0.339 e. The molecule has 0 unspecified atom stereocenters. The molecule has 0 radical (unpaired) electrons. The van der Waals surface area contributed by atoms with Crippen molar-refractivity contribution in [3.8, 4) is 11.5 Å². The van der Waals surface area contributed by atoms with Crippen molar-refractivity contribution in [2.45, 2.75) is 0 Å². The number of carboxylic acids is 1. The van der Waals surface area contributed by atoms with E-state index in [1.54, 1.807) is 55.6 Å². The lowest BCUT2D eigenvalue weighted by molar-refractivity contribution is 0.0694. The Kier molecular flexibility index (Phi) is 4.11. The van der Waals surface area contributed by atoms with Crippen molar-refractivity contribution < 1.29 is 19.7 Å². The number of carboxylic acid groups (broad SMARTS) is 1. The van der Waals surface area contributed by atoms with E-state index in [0.29, 0.717) is 22.2 Å². The van der Waals surface area contributed by atoms with E-state index in [0.717, 1.165) is 0 Å². The zero-order valence-electron chi connectivity index (χ0n) is 12.8. The summed E-state index contributed by atoms with van der Waals surface area (Å²) in [6.07, 6.45) is 0. The largest absolute Gasteiger partial charge is 0.505 e. The van der Waals surface area contributed by atoms with E-state index >= 15 is 0 Å². The van der Waals surface area contributed by atoms with Gasteiger partial charge in [0, 0.05) is 5.39 Å². The van der Waals surface area contributed by atoms with Crippen LogP contribution in [0.2, 0.25) is 0 Å². The van der Waals surface area contributed by atoms with E-state index in [2.05, 4.69) is 10.2 Å². The molecule has 0 aromatic heterocycles. The van der Waals surface area contributed by atoms with E-state index in [4.69, 9.17) is 4.74 Å². The molecule has 3 aromatic carbocycles. The molecule has 0 atom stereocenters. The van der Waals surface area contributed by atoms with Crippen LogP contribution in [0.1, 0.15) is 10.4 Å². The first-order chi connectivity index (χ1) is 11.6. The summed E-state index contributed by atoms with van der Waals surface area (Å²) in [4.78, 5) is 11.3. The van der Waals surface area contributed by atoms with Gasteiger partial charge in [0.25, 0.3) is 0 Å². The van der Waals surface area contributed by atoms with Crippen LogP contribution in [-0.2, 0) is 0 Å². The van der Waals surface area contributed by atoms with Crippen molar-refractivity contribution in [3.05, 3.63) is 60.2 Å². The molecular weight excluding hydrogens is 308 g/mol. The number of aromatic hydroxyl groups is 1. The van der Waals surface area contributed by atoms with Gasteiger partial charge in [0.15, 0.2) is 5.75 Å². The number of aromatic carboxylic acids is 1. The van der Waals surface area contributed by atoms with Crippen LogP contribution in [-0.4, -0.2) is 23.3 Å². The van der Waals surface area contributed by atoms with Gasteiger partial charge in [-0.2, -0.15) is 5.11 Å². The summed E-state index contributed by atoms with van der Waals surface area (Å²) in [5.41, 5.74) is 0.471. The molecule has 0 spiro atoms. The molecule has 0 aliphatic rings. The number of nitrogens with zero attached hydrogens (tertiary/aromatic N) is 2. The van der Waals surface area contributed by atoms with Crippen LogP contribution in [0.15, 0.2) is 64.8 Å². The fourth-order valence-corrected chi connectivity index (χ4v) is 2.34. The van der Waals surface area contributed by atoms with E-state index in [1.165, 1.54) is 6.07 Å². The Labute approximate surface area is 137 Å². The van der Waals surface area contributed by atoms with Crippen molar-refractivity contribution in [1.82, 2.24) is 0 Å². The summed E-state index contributed by atoms with van der Waals surface area (Å²) in [5, 5.41) is 28.9. The average Bonchev–Trinajstić information content (AvgIpc) is 2.60. The minimum absolute atomic E-state index is 0.126. The Morgan fingerprint density at radius 2 is 1.75 bits per heavy atom. The van der Waals surface area contributed by atoms with Gasteiger partial charge in [-0.15, -0.1) is 5.11 Å². The van der Waals surface area contributed by atoms with Crippen LogP contribution in [0.5, 0.6) is 11.5 Å². The van der Waals surface area contributed by atoms with Gasteiger partial charge >= 0.3 is 5.97 Å². The van der Waals surface area contributed by atoms with E-state index in [1.807, 2.05) is 0 Å². The van der Waals surface area contributed by atoms with Crippen molar-refractivity contribution in [1.29, 1.82) is 0 Å². The fourth-order valence-electron chi connectivity index (χ4n) is 2.34. The maximum atomic E-state index is 11.3. The molecule has 0 fully saturated rings.